The molecule has 0 aromatic rings. The highest BCUT2D eigenvalue weighted by Gasteiger charge is 2.31. The van der Waals surface area contributed by atoms with E-state index in [9.17, 15) is 14.7 Å². The number of thiol groups is 1. The minimum atomic E-state index is -0.222. The molecule has 3 unspecified atom stereocenters. The topological polar surface area (TPSA) is 54.4 Å². The van der Waals surface area contributed by atoms with Crippen LogP contribution in [0.25, 0.3) is 0 Å². The number of aliphatic hydroxyl groups is 1. The van der Waals surface area contributed by atoms with E-state index in [4.69, 9.17) is 0 Å². The second-order valence-corrected chi connectivity index (χ2v) is 8.48. The van der Waals surface area contributed by atoms with Crippen molar-refractivity contribution in [1.29, 1.82) is 0 Å². The quantitative estimate of drug-likeness (QED) is 0.582. The van der Waals surface area contributed by atoms with Crippen LogP contribution in [0.2, 0.25) is 0 Å². The molecule has 3 nitrogen and oxygen atoms in total. The van der Waals surface area contributed by atoms with Crippen LogP contribution in [-0.4, -0.2) is 33.9 Å². The van der Waals surface area contributed by atoms with Gasteiger partial charge in [-0.05, 0) is 29.6 Å². The summed E-state index contributed by atoms with van der Waals surface area (Å²) in [5, 5.41) is 10.6. The van der Waals surface area contributed by atoms with Crippen LogP contribution in [0.3, 0.4) is 0 Å². The molecule has 1 rings (SSSR count). The van der Waals surface area contributed by atoms with Gasteiger partial charge >= 0.3 is 0 Å². The number of hydrogen-bond acceptors (Lipinski definition) is 3. The summed E-state index contributed by atoms with van der Waals surface area (Å²) in [6, 6.07) is 0. The number of carbonyl (C=O) groups excluding carboxylic acids is 2. The summed E-state index contributed by atoms with van der Waals surface area (Å²) in [4.78, 5) is 23.6. The van der Waals surface area contributed by atoms with Crippen LogP contribution in [-0.2, 0) is 9.59 Å². The average Bonchev–Trinajstić information content (AvgIpc) is 2.36. The van der Waals surface area contributed by atoms with Crippen molar-refractivity contribution in [2.75, 3.05) is 12.0 Å². The third-order valence-corrected chi connectivity index (χ3v) is 6.76. The summed E-state index contributed by atoms with van der Waals surface area (Å²) in [6.45, 7) is 6.15. The minimum Gasteiger partial charge on any atom is -0.511 e. The molecule has 0 aliphatic heterocycles. The Morgan fingerprint density at radius 3 is 2.53 bits per heavy atom. The van der Waals surface area contributed by atoms with Crippen molar-refractivity contribution in [3.05, 3.63) is 11.3 Å². The Labute approximate surface area is 118 Å². The van der Waals surface area contributed by atoms with Crippen molar-refractivity contribution in [2.24, 2.45) is 5.92 Å². The van der Waals surface area contributed by atoms with Crippen LogP contribution >= 0.6 is 10.9 Å². The molecule has 110 valence electrons. The van der Waals surface area contributed by atoms with Gasteiger partial charge in [0.05, 0.1) is 5.57 Å². The van der Waals surface area contributed by atoms with Crippen LogP contribution in [0, 0.1) is 5.92 Å². The van der Waals surface area contributed by atoms with Gasteiger partial charge < -0.3 is 5.11 Å². The average molecular weight is 286 g/mol. The zero-order valence-electron chi connectivity index (χ0n) is 12.4. The lowest BCUT2D eigenvalue weighted by molar-refractivity contribution is -0.122. The van der Waals surface area contributed by atoms with E-state index < -0.39 is 0 Å². The van der Waals surface area contributed by atoms with Gasteiger partial charge in [-0.1, -0.05) is 20.8 Å². The van der Waals surface area contributed by atoms with Crippen LogP contribution in [0.5, 0.6) is 0 Å². The first-order valence-electron chi connectivity index (χ1n) is 7.09. The van der Waals surface area contributed by atoms with Gasteiger partial charge in [-0.3, -0.25) is 20.5 Å². The van der Waals surface area contributed by atoms with Gasteiger partial charge in [0.15, 0.2) is 11.6 Å². The Hall–Kier alpha value is -0.770. The highest BCUT2D eigenvalue weighted by Crippen LogP contribution is 2.36. The lowest BCUT2D eigenvalue weighted by Crippen LogP contribution is -2.26. The van der Waals surface area contributed by atoms with E-state index in [2.05, 4.69) is 20.1 Å². The molecule has 0 spiro atoms. The van der Waals surface area contributed by atoms with E-state index in [0.29, 0.717) is 18.1 Å². The number of ketones is 2. The van der Waals surface area contributed by atoms with E-state index in [1.54, 1.807) is 6.92 Å². The van der Waals surface area contributed by atoms with Crippen molar-refractivity contribution >= 4 is 22.5 Å². The zero-order chi connectivity index (χ0) is 14.6. The summed E-state index contributed by atoms with van der Waals surface area (Å²) in [7, 11) is 0.00451. The first kappa shape index (κ1) is 16.3. The molecule has 4 heteroatoms. The molecule has 1 aliphatic rings. The van der Waals surface area contributed by atoms with E-state index in [-0.39, 0.29) is 46.1 Å². The highest BCUT2D eigenvalue weighted by atomic mass is 32.2. The summed E-state index contributed by atoms with van der Waals surface area (Å²) in [5.41, 5.74) is 0.0701. The van der Waals surface area contributed by atoms with Gasteiger partial charge in [0.1, 0.15) is 5.76 Å². The monoisotopic (exact) mass is 286 g/mol. The fraction of sp³-hybridized carbons (Fsp3) is 0.733. The van der Waals surface area contributed by atoms with Gasteiger partial charge in [0.25, 0.3) is 0 Å². The number of hydrogen-bond donors (Lipinski definition) is 2. The standard InChI is InChI=1S/C15H26O3S/c1-5-12(16)15-13(17)8-11(9-14(15)18)7-10(3)19(4)6-2/h10-11,17,19H,5-9H2,1-4H3. The van der Waals surface area contributed by atoms with E-state index in [1.165, 1.54) is 5.75 Å². The van der Waals surface area contributed by atoms with Crippen molar-refractivity contribution < 1.29 is 14.7 Å². The highest BCUT2D eigenvalue weighted by molar-refractivity contribution is 8.16. The fourth-order valence-corrected chi connectivity index (χ4v) is 3.89. The molecular formula is C15H26O3S. The molecule has 0 saturated carbocycles. The van der Waals surface area contributed by atoms with E-state index in [0.717, 1.165) is 6.42 Å². The Kier molecular flexibility index (Phi) is 6.11. The van der Waals surface area contributed by atoms with Gasteiger partial charge in [-0.2, -0.15) is 0 Å². The minimum absolute atomic E-state index is 0.00451. The Bertz CT molecular complexity index is 387. The molecular weight excluding hydrogens is 260 g/mol. The summed E-state index contributed by atoms with van der Waals surface area (Å²) >= 11 is 0. The number of allylic oxidation sites excluding steroid dienone is 2. The van der Waals surface area contributed by atoms with Crippen molar-refractivity contribution in [3.63, 3.8) is 0 Å². The first-order chi connectivity index (χ1) is 8.90. The molecule has 0 aromatic heterocycles. The molecule has 0 amide bonds. The maximum atomic E-state index is 12.0. The van der Waals surface area contributed by atoms with Gasteiger partial charge in [0.2, 0.25) is 0 Å². The second kappa shape index (κ2) is 7.13. The maximum absolute atomic E-state index is 12.0. The van der Waals surface area contributed by atoms with Crippen LogP contribution in [0.4, 0.5) is 0 Å². The SMILES string of the molecule is CCC(=O)C1=C(O)CC(CC(C)[SH](C)CC)CC1=O. The molecule has 19 heavy (non-hydrogen) atoms. The Morgan fingerprint density at radius 2 is 2.05 bits per heavy atom. The third-order valence-electron chi connectivity index (χ3n) is 4.05. The van der Waals surface area contributed by atoms with Gasteiger partial charge in [-0.25, -0.2) is 0 Å². The molecule has 0 heterocycles. The Balaban J connectivity index is 2.73. The molecule has 1 N–H and O–H groups in total. The van der Waals surface area contributed by atoms with Crippen molar-refractivity contribution in [2.45, 2.75) is 51.7 Å². The van der Waals surface area contributed by atoms with Crippen LogP contribution in [0.15, 0.2) is 11.3 Å². The second-order valence-electron chi connectivity index (χ2n) is 5.45. The summed E-state index contributed by atoms with van der Waals surface area (Å²) in [5.74, 6) is 1.04. The zero-order valence-corrected chi connectivity index (χ0v) is 13.3. The molecule has 3 atom stereocenters. The van der Waals surface area contributed by atoms with E-state index in [1.807, 2.05) is 0 Å². The van der Waals surface area contributed by atoms with Gasteiger partial charge in [-0.15, -0.1) is 0 Å². The predicted molar refractivity (Wildman–Crippen MR) is 82.2 cm³/mol. The molecule has 0 radical (unpaired) electrons. The van der Waals surface area contributed by atoms with E-state index >= 15 is 0 Å². The number of rotatable bonds is 6. The molecule has 0 aromatic carbocycles. The fourth-order valence-electron chi connectivity index (χ4n) is 2.61. The molecule has 0 saturated heterocycles. The number of carbonyl (C=O) groups is 2. The van der Waals surface area contributed by atoms with Crippen molar-refractivity contribution in [3.8, 4) is 0 Å². The summed E-state index contributed by atoms with van der Waals surface area (Å²) in [6.07, 6.45) is 4.44. The Morgan fingerprint density at radius 1 is 1.42 bits per heavy atom. The maximum Gasteiger partial charge on any atom is 0.170 e. The first-order valence-corrected chi connectivity index (χ1v) is 9.13. The molecule has 1 aliphatic carbocycles. The van der Waals surface area contributed by atoms with Crippen LogP contribution in [0.1, 0.15) is 46.5 Å². The number of Topliss-reactive ketones (excluding diaryl/α,β-unsaturated/α-hetero) is 2. The lowest BCUT2D eigenvalue weighted by atomic mass is 9.83. The number of aliphatic hydroxyl groups excluding tert-OH is 1. The lowest BCUT2D eigenvalue weighted by Gasteiger charge is -2.29. The van der Waals surface area contributed by atoms with Crippen LogP contribution < -0.4 is 0 Å². The van der Waals surface area contributed by atoms with Crippen molar-refractivity contribution in [1.82, 2.24) is 0 Å². The third kappa shape index (κ3) is 4.10. The smallest absolute Gasteiger partial charge is 0.170 e. The molecule has 0 fully saturated rings. The largest absolute Gasteiger partial charge is 0.511 e. The predicted octanol–water partition coefficient (Wildman–Crippen LogP) is 3.19. The normalized spacial score (nSPS) is 24.3. The summed E-state index contributed by atoms with van der Waals surface area (Å²) < 4.78 is 0. The molecule has 0 bridgehead atoms. The van der Waals surface area contributed by atoms with Gasteiger partial charge in [0, 0.05) is 19.3 Å².